The van der Waals surface area contributed by atoms with Gasteiger partial charge in [0.25, 0.3) is 0 Å². The maximum absolute atomic E-state index is 10.9. The Kier molecular flexibility index (Phi) is 8.90. The number of ketones is 1. The fourth-order valence-corrected chi connectivity index (χ4v) is 1.28. The van der Waals surface area contributed by atoms with E-state index in [-0.39, 0.29) is 5.78 Å². The van der Waals surface area contributed by atoms with Crippen LogP contribution in [0.4, 0.5) is 0 Å². The zero-order valence-corrected chi connectivity index (χ0v) is 9.52. The number of carbonyl (C=O) groups excluding carboxylic acids is 1. The SMILES string of the molecule is C#CC(=O)CCCCCCC[N+]([O-])=NC=C. The van der Waals surface area contributed by atoms with Gasteiger partial charge in [-0.15, -0.1) is 6.42 Å². The Bertz CT molecular complexity index is 290. The van der Waals surface area contributed by atoms with E-state index in [4.69, 9.17) is 6.42 Å². The minimum atomic E-state index is -0.129. The summed E-state index contributed by atoms with van der Waals surface area (Å²) >= 11 is 0. The van der Waals surface area contributed by atoms with Crippen molar-refractivity contribution in [1.29, 1.82) is 0 Å². The van der Waals surface area contributed by atoms with E-state index >= 15 is 0 Å². The number of hydroxylamine groups is 1. The van der Waals surface area contributed by atoms with E-state index in [0.717, 1.165) is 32.1 Å². The average Bonchev–Trinajstić information content (AvgIpc) is 2.27. The van der Waals surface area contributed by atoms with Gasteiger partial charge in [0.05, 0.1) is 6.20 Å². The van der Waals surface area contributed by atoms with Crippen molar-refractivity contribution < 1.29 is 9.66 Å². The Morgan fingerprint density at radius 1 is 1.38 bits per heavy atom. The number of rotatable bonds is 9. The number of unbranched alkanes of at least 4 members (excludes halogenated alkanes) is 4. The first-order chi connectivity index (χ1) is 7.70. The summed E-state index contributed by atoms with van der Waals surface area (Å²) in [6.07, 6.45) is 11.2. The smallest absolute Gasteiger partial charge is 0.205 e. The van der Waals surface area contributed by atoms with Gasteiger partial charge in [-0.2, -0.15) is 0 Å². The van der Waals surface area contributed by atoms with Crippen LogP contribution in [0, 0.1) is 17.6 Å². The van der Waals surface area contributed by atoms with E-state index < -0.39 is 0 Å². The summed E-state index contributed by atoms with van der Waals surface area (Å²) in [6, 6.07) is 0. The molecule has 0 aliphatic carbocycles. The largest absolute Gasteiger partial charge is 0.600 e. The molecule has 0 amide bonds. The summed E-state index contributed by atoms with van der Waals surface area (Å²) in [5, 5.41) is 14.3. The number of terminal acetylenes is 1. The van der Waals surface area contributed by atoms with Gasteiger partial charge >= 0.3 is 0 Å². The molecule has 0 saturated carbocycles. The van der Waals surface area contributed by atoms with Gasteiger partial charge in [0.2, 0.25) is 5.78 Å². The number of carbonyl (C=O) groups is 1. The average molecular weight is 222 g/mol. The predicted octanol–water partition coefficient (Wildman–Crippen LogP) is 2.64. The highest BCUT2D eigenvalue weighted by atomic mass is 16.5. The molecule has 0 bridgehead atoms. The van der Waals surface area contributed by atoms with Crippen molar-refractivity contribution in [2.45, 2.75) is 38.5 Å². The summed E-state index contributed by atoms with van der Waals surface area (Å²) in [5.41, 5.74) is 0. The highest BCUT2D eigenvalue weighted by Crippen LogP contribution is 2.05. The first-order valence-electron chi connectivity index (χ1n) is 5.46. The van der Waals surface area contributed by atoms with Crippen molar-refractivity contribution in [3.05, 3.63) is 18.0 Å². The third-order valence-corrected chi connectivity index (χ3v) is 2.12. The number of Topliss-reactive ketones (excluding diaryl/α,β-unsaturated/α-hetero) is 1. The quantitative estimate of drug-likeness (QED) is 0.150. The minimum absolute atomic E-state index is 0.129. The molecular formula is C12H18N2O2. The van der Waals surface area contributed by atoms with Gasteiger partial charge in [-0.25, -0.2) is 0 Å². The Morgan fingerprint density at radius 3 is 2.62 bits per heavy atom. The van der Waals surface area contributed by atoms with Crippen LogP contribution >= 0.6 is 0 Å². The zero-order chi connectivity index (χ0) is 12.2. The topological polar surface area (TPSA) is 55.5 Å². The van der Waals surface area contributed by atoms with Crippen LogP contribution in [0.5, 0.6) is 0 Å². The second kappa shape index (κ2) is 9.91. The second-order valence-electron chi connectivity index (χ2n) is 3.46. The van der Waals surface area contributed by atoms with Gasteiger partial charge in [-0.05, 0) is 23.9 Å². The van der Waals surface area contributed by atoms with Gasteiger partial charge in [-0.3, -0.25) is 4.79 Å². The highest BCUT2D eigenvalue weighted by Gasteiger charge is 1.98. The molecule has 0 fully saturated rings. The highest BCUT2D eigenvalue weighted by molar-refractivity contribution is 5.94. The summed E-state index contributed by atoms with van der Waals surface area (Å²) in [7, 11) is 0. The molecule has 0 radical (unpaired) electrons. The molecule has 0 aliphatic rings. The lowest BCUT2D eigenvalue weighted by atomic mass is 10.1. The lowest BCUT2D eigenvalue weighted by Gasteiger charge is -2.00. The van der Waals surface area contributed by atoms with Gasteiger partial charge in [-0.1, -0.05) is 24.3 Å². The molecule has 0 aliphatic heterocycles. The fraction of sp³-hybridized carbons (Fsp3) is 0.583. The van der Waals surface area contributed by atoms with Crippen molar-refractivity contribution in [3.63, 3.8) is 0 Å². The molecule has 0 N–H and O–H groups in total. The lowest BCUT2D eigenvalue weighted by Crippen LogP contribution is -2.01. The first-order valence-corrected chi connectivity index (χ1v) is 5.46. The Morgan fingerprint density at radius 2 is 2.00 bits per heavy atom. The molecule has 0 aromatic heterocycles. The molecule has 0 aromatic rings. The maximum atomic E-state index is 10.9. The van der Waals surface area contributed by atoms with Gasteiger partial charge < -0.3 is 5.21 Å². The standard InChI is InChI=1S/C12H18N2O2/c1-3-12(15)10-8-6-5-7-9-11-14(16)13-4-2/h1,4H,2,5-11H2. The summed E-state index contributed by atoms with van der Waals surface area (Å²) in [6.45, 7) is 3.74. The Labute approximate surface area is 96.6 Å². The third-order valence-electron chi connectivity index (χ3n) is 2.12. The van der Waals surface area contributed by atoms with Gasteiger partial charge in [0.15, 0.2) is 6.54 Å². The van der Waals surface area contributed by atoms with Crippen LogP contribution in [-0.4, -0.2) is 17.2 Å². The van der Waals surface area contributed by atoms with Crippen LogP contribution in [0.15, 0.2) is 17.9 Å². The molecule has 4 heteroatoms. The van der Waals surface area contributed by atoms with Crippen LogP contribution in [0.25, 0.3) is 0 Å². The summed E-state index contributed by atoms with van der Waals surface area (Å²) in [5.74, 6) is 1.96. The van der Waals surface area contributed by atoms with Crippen LogP contribution in [0.2, 0.25) is 0 Å². The van der Waals surface area contributed by atoms with Crippen LogP contribution < -0.4 is 0 Å². The van der Waals surface area contributed by atoms with Crippen molar-refractivity contribution in [2.24, 2.45) is 5.11 Å². The van der Waals surface area contributed by atoms with Crippen LogP contribution in [0.3, 0.4) is 0 Å². The number of hydrogen-bond donors (Lipinski definition) is 0. The molecule has 0 aromatic carbocycles. The summed E-state index contributed by atoms with van der Waals surface area (Å²) < 4.78 is 0. The predicted molar refractivity (Wildman–Crippen MR) is 62.7 cm³/mol. The van der Waals surface area contributed by atoms with Gasteiger partial charge in [0, 0.05) is 12.8 Å². The van der Waals surface area contributed by atoms with E-state index in [9.17, 15) is 10.0 Å². The molecular weight excluding hydrogens is 204 g/mol. The zero-order valence-electron chi connectivity index (χ0n) is 9.52. The van der Waals surface area contributed by atoms with E-state index in [2.05, 4.69) is 17.6 Å². The number of hydrogen-bond acceptors (Lipinski definition) is 3. The van der Waals surface area contributed by atoms with Crippen molar-refractivity contribution in [3.8, 4) is 12.3 Å². The monoisotopic (exact) mass is 222 g/mol. The van der Waals surface area contributed by atoms with Crippen molar-refractivity contribution in [2.75, 3.05) is 6.54 Å². The third kappa shape index (κ3) is 8.95. The van der Waals surface area contributed by atoms with E-state index in [1.807, 2.05) is 0 Å². The number of azo groups is 1. The number of nitrogens with zero attached hydrogens (tertiary/aromatic N) is 2. The van der Waals surface area contributed by atoms with Crippen LogP contribution in [-0.2, 0) is 4.79 Å². The molecule has 0 unspecified atom stereocenters. The normalized spacial score (nSPS) is 10.8. The Balaban J connectivity index is 3.29. The maximum Gasteiger partial charge on any atom is 0.205 e. The second-order valence-corrected chi connectivity index (χ2v) is 3.46. The minimum Gasteiger partial charge on any atom is -0.600 e. The molecule has 0 atom stereocenters. The van der Waals surface area contributed by atoms with Crippen LogP contribution in [0.1, 0.15) is 38.5 Å². The molecule has 88 valence electrons. The molecule has 16 heavy (non-hydrogen) atoms. The van der Waals surface area contributed by atoms with E-state index in [1.54, 1.807) is 0 Å². The molecule has 4 nitrogen and oxygen atoms in total. The fourth-order valence-electron chi connectivity index (χ4n) is 1.28. The molecule has 0 rings (SSSR count). The molecule has 0 heterocycles. The van der Waals surface area contributed by atoms with E-state index in [1.165, 1.54) is 6.20 Å². The van der Waals surface area contributed by atoms with Crippen molar-refractivity contribution >= 4 is 5.78 Å². The first kappa shape index (κ1) is 14.4. The van der Waals surface area contributed by atoms with Crippen molar-refractivity contribution in [1.82, 2.24) is 0 Å². The molecule has 0 saturated heterocycles. The lowest BCUT2D eigenvalue weighted by molar-refractivity contribution is -0.526. The summed E-state index contributed by atoms with van der Waals surface area (Å²) in [4.78, 5) is 11.4. The molecule has 0 spiro atoms. The van der Waals surface area contributed by atoms with E-state index in [0.29, 0.717) is 17.8 Å². The Hall–Kier alpha value is -1.63. The van der Waals surface area contributed by atoms with Gasteiger partial charge in [0.1, 0.15) is 0 Å².